The molecule has 0 unspecified atom stereocenters. The second-order valence-corrected chi connectivity index (χ2v) is 9.55. The average Bonchev–Trinajstić information content (AvgIpc) is 2.63. The van der Waals surface area contributed by atoms with Gasteiger partial charge in [0.1, 0.15) is 0 Å². The van der Waals surface area contributed by atoms with Crippen molar-refractivity contribution in [1.29, 1.82) is 0 Å². The van der Waals surface area contributed by atoms with Gasteiger partial charge in [-0.05, 0) is 0 Å². The van der Waals surface area contributed by atoms with Crippen molar-refractivity contribution in [3.63, 3.8) is 0 Å². The van der Waals surface area contributed by atoms with E-state index in [2.05, 4.69) is 69.2 Å². The second-order valence-electron chi connectivity index (χ2n) is 7.81. The van der Waals surface area contributed by atoms with Gasteiger partial charge in [0.05, 0.1) is 0 Å². The summed E-state index contributed by atoms with van der Waals surface area (Å²) in [7, 11) is 0. The number of hydrogen-bond donors (Lipinski definition) is 0. The average molecular weight is 358 g/mol. The van der Waals surface area contributed by atoms with Crippen LogP contribution in [0.5, 0.6) is 0 Å². The molecule has 0 saturated carbocycles. The molecular weight excluding hydrogens is 327 g/mol. The van der Waals surface area contributed by atoms with Gasteiger partial charge in [0, 0.05) is 0 Å². The first-order valence-electron chi connectivity index (χ1n) is 7.95. The molecule has 0 aromatic rings. The molecule has 2 heteroatoms. The zero-order valence-electron chi connectivity index (χ0n) is 15.9. The molecule has 0 spiro atoms. The summed E-state index contributed by atoms with van der Waals surface area (Å²) in [5.41, 5.74) is 9.83. The minimum absolute atomic E-state index is 0. The Morgan fingerprint density at radius 1 is 0.545 bits per heavy atom. The van der Waals surface area contributed by atoms with Gasteiger partial charge in [-0.15, -0.1) is 12.4 Å². The van der Waals surface area contributed by atoms with Gasteiger partial charge in [0.15, 0.2) is 0 Å². The molecule has 22 heavy (non-hydrogen) atoms. The Hall–Kier alpha value is -0.166. The van der Waals surface area contributed by atoms with Crippen LogP contribution in [0.2, 0.25) is 0 Å². The van der Waals surface area contributed by atoms with Crippen molar-refractivity contribution < 1.29 is 16.3 Å². The largest absolute Gasteiger partial charge is 0.147 e. The first-order chi connectivity index (χ1) is 9.44. The van der Waals surface area contributed by atoms with E-state index in [-0.39, 0.29) is 39.5 Å². The molecule has 2 aliphatic carbocycles. The molecule has 0 aliphatic heterocycles. The molecule has 0 N–H and O–H groups in total. The molecule has 0 saturated heterocycles. The Balaban J connectivity index is 0.00000242. The van der Waals surface area contributed by atoms with Crippen LogP contribution in [0.15, 0.2) is 42.0 Å². The Morgan fingerprint density at radius 3 is 1.00 bits per heavy atom. The topological polar surface area (TPSA) is 0 Å². The first kappa shape index (κ1) is 19.9. The van der Waals surface area contributed by atoms with Crippen LogP contribution in [-0.4, -0.2) is 0 Å². The molecule has 0 atom stereocenters. The Morgan fingerprint density at radius 2 is 0.818 bits per heavy atom. The maximum absolute atomic E-state index is 2.41. The van der Waals surface area contributed by atoms with E-state index >= 15 is 0 Å². The third kappa shape index (κ3) is 2.62. The summed E-state index contributed by atoms with van der Waals surface area (Å²) >= 11 is 0.102. The monoisotopic (exact) mass is 357 g/mol. The zero-order chi connectivity index (χ0) is 16.3. The van der Waals surface area contributed by atoms with E-state index in [4.69, 9.17) is 0 Å². The predicted molar refractivity (Wildman–Crippen MR) is 97.0 cm³/mol. The molecule has 2 aliphatic rings. The van der Waals surface area contributed by atoms with E-state index in [9.17, 15) is 0 Å². The van der Waals surface area contributed by atoms with Crippen LogP contribution in [0.25, 0.3) is 0 Å². The van der Waals surface area contributed by atoms with Crippen LogP contribution in [0.1, 0.15) is 69.2 Å². The van der Waals surface area contributed by atoms with Crippen LogP contribution in [0.4, 0.5) is 0 Å². The van der Waals surface area contributed by atoms with Gasteiger partial charge >= 0.3 is 138 Å². The molecule has 0 amide bonds. The Bertz CT molecular complexity index is 581. The third-order valence-corrected chi connectivity index (χ3v) is 9.73. The van der Waals surface area contributed by atoms with Crippen LogP contribution in [-0.2, 0) is 16.3 Å². The molecule has 0 fully saturated rings. The van der Waals surface area contributed by atoms with Gasteiger partial charge in [-0.25, -0.2) is 0 Å². The summed E-state index contributed by atoms with van der Waals surface area (Å²) in [6.45, 7) is 23.6. The maximum Gasteiger partial charge on any atom is -0.147 e. The van der Waals surface area contributed by atoms with Gasteiger partial charge in [-0.1, -0.05) is 0 Å². The summed E-state index contributed by atoms with van der Waals surface area (Å²) in [6, 6.07) is 0. The van der Waals surface area contributed by atoms with Crippen LogP contribution >= 0.6 is 12.4 Å². The van der Waals surface area contributed by atoms with E-state index in [1.165, 1.54) is 11.1 Å². The summed E-state index contributed by atoms with van der Waals surface area (Å²) in [4.78, 5) is 0. The molecule has 0 bridgehead atoms. The molecule has 2 rings (SSSR count). The van der Waals surface area contributed by atoms with Gasteiger partial charge in [0.2, 0.25) is 0 Å². The standard InChI is InChI=1S/2C10H15.ClH.V/c2*1-7-6-10(4,5)9(3)8(7)2;;/h2*1-5H3;1H;. The van der Waals surface area contributed by atoms with Crippen molar-refractivity contribution >= 4 is 12.4 Å². The first-order valence-corrected chi connectivity index (χ1v) is 9.34. The second kappa shape index (κ2) is 6.04. The Kier molecular flexibility index (Phi) is 5.46. The number of rotatable bonds is 2. The summed E-state index contributed by atoms with van der Waals surface area (Å²) in [5, 5.41) is 0. The summed E-state index contributed by atoms with van der Waals surface area (Å²) < 4.78 is 3.44. The van der Waals surface area contributed by atoms with E-state index in [0.717, 1.165) is 0 Å². The zero-order valence-corrected chi connectivity index (χ0v) is 18.1. The summed E-state index contributed by atoms with van der Waals surface area (Å²) in [6.07, 6.45) is 0. The molecule has 0 radical (unpaired) electrons. The minimum Gasteiger partial charge on any atom is -0.147 e. The van der Waals surface area contributed by atoms with Crippen molar-refractivity contribution in [2.45, 2.75) is 69.2 Å². The van der Waals surface area contributed by atoms with Crippen molar-refractivity contribution in [2.24, 2.45) is 10.8 Å². The maximum atomic E-state index is 2.41. The molecule has 0 nitrogen and oxygen atoms in total. The van der Waals surface area contributed by atoms with Crippen molar-refractivity contribution in [3.8, 4) is 0 Å². The smallest absolute Gasteiger partial charge is 0.147 e. The van der Waals surface area contributed by atoms with Crippen LogP contribution in [0.3, 0.4) is 0 Å². The van der Waals surface area contributed by atoms with Crippen molar-refractivity contribution in [3.05, 3.63) is 42.0 Å². The quantitative estimate of drug-likeness (QED) is 0.510. The molecular formula is C20H31ClV. The fraction of sp³-hybridized carbons (Fsp3) is 0.600. The molecule has 0 aromatic heterocycles. The number of allylic oxidation sites excluding steroid dienone is 8. The predicted octanol–water partition coefficient (Wildman–Crippen LogP) is 6.79. The number of halogens is 1. The third-order valence-electron chi connectivity index (χ3n) is 6.24. The van der Waals surface area contributed by atoms with Crippen LogP contribution in [0, 0.1) is 10.8 Å². The van der Waals surface area contributed by atoms with E-state index < -0.39 is 0 Å². The van der Waals surface area contributed by atoms with Gasteiger partial charge in [0.25, 0.3) is 0 Å². The van der Waals surface area contributed by atoms with Crippen molar-refractivity contribution in [1.82, 2.24) is 0 Å². The fourth-order valence-corrected chi connectivity index (χ4v) is 6.50. The molecule has 123 valence electrons. The van der Waals surface area contributed by atoms with Gasteiger partial charge < -0.3 is 0 Å². The molecule has 0 heterocycles. The van der Waals surface area contributed by atoms with E-state index in [1.807, 2.05) is 0 Å². The van der Waals surface area contributed by atoms with Gasteiger partial charge in [-0.3, -0.25) is 0 Å². The fourth-order valence-electron chi connectivity index (χ4n) is 3.71. The molecule has 0 aromatic carbocycles. The van der Waals surface area contributed by atoms with E-state index in [1.54, 1.807) is 30.9 Å². The normalized spacial score (nSPS) is 23.5. The van der Waals surface area contributed by atoms with E-state index in [0.29, 0.717) is 0 Å². The van der Waals surface area contributed by atoms with Crippen LogP contribution < -0.4 is 0 Å². The summed E-state index contributed by atoms with van der Waals surface area (Å²) in [5.74, 6) is 0. The Labute approximate surface area is 150 Å². The van der Waals surface area contributed by atoms with Crippen molar-refractivity contribution in [2.75, 3.05) is 0 Å². The SMILES string of the molecule is CC1=C(C)C(C)(C)[C]([V][C]2=C(C)C(C)=C(C)C2(C)C)=C1C.Cl. The van der Waals surface area contributed by atoms with Gasteiger partial charge in [-0.2, -0.15) is 0 Å². The minimum atomic E-state index is 0. The number of hydrogen-bond acceptors (Lipinski definition) is 0.